The van der Waals surface area contributed by atoms with Gasteiger partial charge in [-0.3, -0.25) is 0 Å². The van der Waals surface area contributed by atoms with Crippen LogP contribution in [0, 0.1) is 5.92 Å². The van der Waals surface area contributed by atoms with Gasteiger partial charge in [0.05, 0.1) is 0 Å². The van der Waals surface area contributed by atoms with Gasteiger partial charge in [0.2, 0.25) is 0 Å². The second-order valence-corrected chi connectivity index (χ2v) is 20.7. The van der Waals surface area contributed by atoms with E-state index in [0.717, 1.165) is 12.3 Å². The molecule has 1 aliphatic carbocycles. The summed E-state index contributed by atoms with van der Waals surface area (Å²) in [5.74, 6) is 0.788. The van der Waals surface area contributed by atoms with Gasteiger partial charge in [0.25, 0.3) is 9.04 Å². The molecule has 2 aromatic rings. The fourth-order valence-electron chi connectivity index (χ4n) is 3.62. The van der Waals surface area contributed by atoms with Crippen molar-refractivity contribution in [2.75, 3.05) is 0 Å². The van der Waals surface area contributed by atoms with E-state index in [9.17, 15) is 0 Å². The number of hydrogen-bond donors (Lipinski definition) is 0. The Morgan fingerprint density at radius 3 is 1.90 bits per heavy atom. The summed E-state index contributed by atoms with van der Waals surface area (Å²) in [7, 11) is -1.21. The molecule has 1 unspecified atom stereocenters. The summed E-state index contributed by atoms with van der Waals surface area (Å²) in [4.78, 5) is 7.09. The van der Waals surface area contributed by atoms with E-state index in [0.29, 0.717) is 0 Å². The SMILES string of the molecule is CC(C/C(I)=C/C1CCCCC1)O[Si](c1ccccc1)c1ccccc1.[CH3][Sn]([CH3])[CH3]. The van der Waals surface area contributed by atoms with E-state index in [1.807, 2.05) is 0 Å². The summed E-state index contributed by atoms with van der Waals surface area (Å²) < 4.78 is 8.10. The van der Waals surface area contributed by atoms with Gasteiger partial charge in [-0.15, -0.1) is 0 Å². The van der Waals surface area contributed by atoms with Crippen LogP contribution >= 0.6 is 22.6 Å². The average molecular weight is 639 g/mol. The molecule has 0 amide bonds. The van der Waals surface area contributed by atoms with Gasteiger partial charge in [-0.25, -0.2) is 0 Å². The molecule has 1 fully saturated rings. The average Bonchev–Trinajstić information content (AvgIpc) is 2.73. The summed E-state index contributed by atoms with van der Waals surface area (Å²) in [6, 6.07) is 21.4. The maximum absolute atomic E-state index is 6.64. The molecule has 4 heteroatoms. The van der Waals surface area contributed by atoms with Gasteiger partial charge in [-0.05, 0) is 62.2 Å². The van der Waals surface area contributed by atoms with Crippen LogP contribution in [0.2, 0.25) is 14.8 Å². The van der Waals surface area contributed by atoms with Crippen LogP contribution in [0.3, 0.4) is 0 Å². The molecule has 1 saturated carbocycles. The van der Waals surface area contributed by atoms with Gasteiger partial charge in [-0.1, -0.05) is 86.0 Å². The summed E-state index contributed by atoms with van der Waals surface area (Å²) in [5.41, 5.74) is 0. The first-order valence-electron chi connectivity index (χ1n) is 11.2. The molecule has 0 heterocycles. The predicted molar refractivity (Wildman–Crippen MR) is 145 cm³/mol. The normalized spacial score (nSPS) is 16.3. The van der Waals surface area contributed by atoms with Gasteiger partial charge in [-0.2, -0.15) is 0 Å². The quantitative estimate of drug-likeness (QED) is 0.238. The standard InChI is InChI=1S/C23H28IOSi.3CH3.Sn/c1-19(17-21(24)18-20-11-5-2-6-12-20)25-26(22-13-7-3-8-14-22)23-15-9-4-10-16-23;;;;/h3-4,7-10,13-16,18-20H,2,5-6,11-12,17H2,1H3;3*1H3;/b21-18-;;;;. The fraction of sp³-hybridized carbons (Fsp3) is 0.462. The molecule has 1 aliphatic rings. The zero-order valence-corrected chi connectivity index (χ0v) is 25.0. The van der Waals surface area contributed by atoms with Crippen molar-refractivity contribution in [3.05, 3.63) is 70.3 Å². The molecule has 1 nitrogen and oxygen atoms in total. The van der Waals surface area contributed by atoms with E-state index < -0.39 is 28.8 Å². The predicted octanol–water partition coefficient (Wildman–Crippen LogP) is 6.86. The van der Waals surface area contributed by atoms with Crippen LogP contribution in [0.1, 0.15) is 45.4 Å². The summed E-state index contributed by atoms with van der Waals surface area (Å²) in [6.45, 7) is 2.23. The van der Waals surface area contributed by atoms with Gasteiger partial charge < -0.3 is 4.43 Å². The topological polar surface area (TPSA) is 9.23 Å². The van der Waals surface area contributed by atoms with Gasteiger partial charge >= 0.3 is 34.6 Å². The molecule has 1 atom stereocenters. The van der Waals surface area contributed by atoms with E-state index in [2.05, 4.69) is 111 Å². The van der Waals surface area contributed by atoms with Crippen molar-refractivity contribution in [3.63, 3.8) is 0 Å². The van der Waals surface area contributed by atoms with E-state index >= 15 is 0 Å². The van der Waals surface area contributed by atoms with Gasteiger partial charge in [0, 0.05) is 12.5 Å². The number of benzene rings is 2. The van der Waals surface area contributed by atoms with E-state index in [4.69, 9.17) is 4.43 Å². The number of rotatable bonds is 7. The first-order chi connectivity index (χ1) is 14.5. The zero-order valence-electron chi connectivity index (χ0n) is 19.0. The maximum atomic E-state index is 6.64. The van der Waals surface area contributed by atoms with E-state index in [1.165, 1.54) is 46.1 Å². The fourth-order valence-corrected chi connectivity index (χ4v) is 6.83. The molecular formula is C26H37IOSiSn. The Labute approximate surface area is 207 Å². The van der Waals surface area contributed by atoms with Crippen LogP contribution in [0.5, 0.6) is 0 Å². The van der Waals surface area contributed by atoms with Crippen LogP contribution in [0.4, 0.5) is 0 Å². The Bertz CT molecular complexity index is 687. The van der Waals surface area contributed by atoms with Crippen LogP contribution in [0.15, 0.2) is 70.3 Å². The Hall–Kier alpha value is -0.114. The Morgan fingerprint density at radius 2 is 1.43 bits per heavy atom. The van der Waals surface area contributed by atoms with Crippen molar-refractivity contribution in [1.82, 2.24) is 0 Å². The zero-order chi connectivity index (χ0) is 21.8. The molecule has 0 aromatic heterocycles. The third-order valence-electron chi connectivity index (χ3n) is 4.94. The minimum absolute atomic E-state index is 0.232. The van der Waals surface area contributed by atoms with Crippen molar-refractivity contribution in [2.45, 2.75) is 66.4 Å². The van der Waals surface area contributed by atoms with Gasteiger partial charge in [0.15, 0.2) is 0 Å². The molecule has 0 aliphatic heterocycles. The van der Waals surface area contributed by atoms with Crippen molar-refractivity contribution < 1.29 is 4.43 Å². The first-order valence-corrected chi connectivity index (χ1v) is 22.3. The van der Waals surface area contributed by atoms with Crippen LogP contribution in [-0.2, 0) is 4.43 Å². The Balaban J connectivity index is 0.000000735. The van der Waals surface area contributed by atoms with E-state index in [1.54, 1.807) is 0 Å². The molecule has 0 saturated heterocycles. The van der Waals surface area contributed by atoms with Crippen LogP contribution in [0.25, 0.3) is 0 Å². The Kier molecular flexibility index (Phi) is 12.9. The molecule has 3 rings (SSSR count). The molecule has 30 heavy (non-hydrogen) atoms. The van der Waals surface area contributed by atoms with Crippen LogP contribution < -0.4 is 10.4 Å². The summed E-state index contributed by atoms with van der Waals surface area (Å²) >= 11 is 1.98. The van der Waals surface area contributed by atoms with Crippen molar-refractivity contribution in [1.29, 1.82) is 0 Å². The second-order valence-electron chi connectivity index (χ2n) is 8.71. The third kappa shape index (κ3) is 10.5. The summed E-state index contributed by atoms with van der Waals surface area (Å²) in [5, 5.41) is 2.64. The molecule has 0 spiro atoms. The molecule has 2 aromatic carbocycles. The second kappa shape index (κ2) is 14.9. The number of halogens is 1. The Morgan fingerprint density at radius 1 is 0.967 bits per heavy atom. The monoisotopic (exact) mass is 640 g/mol. The van der Waals surface area contributed by atoms with E-state index in [-0.39, 0.29) is 6.10 Å². The molecular weight excluding hydrogens is 602 g/mol. The molecule has 0 N–H and O–H groups in total. The first kappa shape index (κ1) is 26.1. The molecule has 2 radical (unpaired) electrons. The third-order valence-corrected chi connectivity index (χ3v) is 8.09. The number of hydrogen-bond acceptors (Lipinski definition) is 1. The van der Waals surface area contributed by atoms with Gasteiger partial charge in [0.1, 0.15) is 0 Å². The van der Waals surface area contributed by atoms with Crippen molar-refractivity contribution in [2.24, 2.45) is 5.92 Å². The minimum atomic E-state index is -1.21. The van der Waals surface area contributed by atoms with Crippen molar-refractivity contribution >= 4 is 61.8 Å². The van der Waals surface area contributed by atoms with Crippen molar-refractivity contribution in [3.8, 4) is 0 Å². The molecule has 0 bridgehead atoms. The molecule has 162 valence electrons. The van der Waals surface area contributed by atoms with Crippen LogP contribution in [-0.4, -0.2) is 34.9 Å². The number of allylic oxidation sites excluding steroid dienone is 1. The summed E-state index contributed by atoms with van der Waals surface area (Å²) in [6.07, 6.45) is 10.7.